The maximum atomic E-state index is 12.9. The van der Waals surface area contributed by atoms with Crippen LogP contribution in [0.2, 0.25) is 0 Å². The fourth-order valence-corrected chi connectivity index (χ4v) is 3.92. The van der Waals surface area contributed by atoms with E-state index in [1.807, 2.05) is 36.4 Å². The van der Waals surface area contributed by atoms with Gasteiger partial charge >= 0.3 is 5.97 Å². The summed E-state index contributed by atoms with van der Waals surface area (Å²) >= 11 is 6.77. The Morgan fingerprint density at radius 1 is 0.839 bits per heavy atom. The zero-order valence-corrected chi connectivity index (χ0v) is 18.9. The molecule has 0 spiro atoms. The highest BCUT2D eigenvalue weighted by Gasteiger charge is 2.16. The van der Waals surface area contributed by atoms with E-state index in [-0.39, 0.29) is 16.9 Å². The Morgan fingerprint density at radius 3 is 2.42 bits per heavy atom. The molecule has 3 aromatic carbocycles. The van der Waals surface area contributed by atoms with Crippen molar-refractivity contribution in [2.75, 3.05) is 0 Å². The quantitative estimate of drug-likeness (QED) is 0.183. The molecule has 152 valence electrons. The van der Waals surface area contributed by atoms with Crippen molar-refractivity contribution < 1.29 is 18.4 Å². The lowest BCUT2D eigenvalue weighted by Crippen LogP contribution is -2.08. The Hall–Kier alpha value is -3.16. The Morgan fingerprint density at radius 2 is 1.61 bits per heavy atom. The topological polar surface area (TPSA) is 69.7 Å². The summed E-state index contributed by atoms with van der Waals surface area (Å²) in [5.74, 6) is -0.306. The molecule has 0 amide bonds. The molecule has 2 heterocycles. The van der Waals surface area contributed by atoms with Crippen molar-refractivity contribution in [1.29, 1.82) is 0 Å². The van der Waals surface area contributed by atoms with Gasteiger partial charge in [0, 0.05) is 20.4 Å². The highest BCUT2D eigenvalue weighted by atomic mass is 79.9. The minimum atomic E-state index is -0.638. The number of fused-ring (bicyclic) bond motifs is 2. The van der Waals surface area contributed by atoms with Crippen LogP contribution in [0.5, 0.6) is 5.75 Å². The van der Waals surface area contributed by atoms with Gasteiger partial charge in [-0.1, -0.05) is 44.0 Å². The maximum absolute atomic E-state index is 12.9. The van der Waals surface area contributed by atoms with E-state index in [0.717, 1.165) is 19.9 Å². The molecule has 0 unspecified atom stereocenters. The summed E-state index contributed by atoms with van der Waals surface area (Å²) in [6.45, 7) is 0. The lowest BCUT2D eigenvalue weighted by atomic mass is 10.1. The molecule has 0 saturated carbocycles. The normalized spacial score (nSPS) is 11.2. The van der Waals surface area contributed by atoms with Gasteiger partial charge in [0.1, 0.15) is 23.2 Å². The number of ether oxygens (including phenoxy) is 1. The third-order valence-electron chi connectivity index (χ3n) is 4.79. The molecule has 0 radical (unpaired) electrons. The molecule has 0 aliphatic rings. The van der Waals surface area contributed by atoms with Crippen molar-refractivity contribution in [2.24, 2.45) is 0 Å². The number of rotatable bonds is 3. The van der Waals surface area contributed by atoms with Crippen LogP contribution in [0.15, 0.2) is 95.6 Å². The number of furan rings is 1. The van der Waals surface area contributed by atoms with Crippen LogP contribution in [0, 0.1) is 0 Å². The molecule has 0 fully saturated rings. The number of carbonyl (C=O) groups is 1. The molecule has 0 N–H and O–H groups in total. The van der Waals surface area contributed by atoms with Crippen molar-refractivity contribution in [3.8, 4) is 16.9 Å². The minimum absolute atomic E-state index is 0.0836. The average Bonchev–Trinajstić information content (AvgIpc) is 3.18. The van der Waals surface area contributed by atoms with E-state index in [9.17, 15) is 9.59 Å². The molecule has 5 aromatic rings. The molecular weight excluding hydrogens is 528 g/mol. The molecule has 0 aliphatic carbocycles. The van der Waals surface area contributed by atoms with Crippen molar-refractivity contribution in [3.05, 3.63) is 97.9 Å². The smallest absolute Gasteiger partial charge is 0.379 e. The van der Waals surface area contributed by atoms with Crippen LogP contribution in [0.1, 0.15) is 10.6 Å². The van der Waals surface area contributed by atoms with Gasteiger partial charge in [-0.25, -0.2) is 4.79 Å². The summed E-state index contributed by atoms with van der Waals surface area (Å²) in [4.78, 5) is 25.4. The summed E-state index contributed by atoms with van der Waals surface area (Å²) in [5.41, 5.74) is 1.96. The van der Waals surface area contributed by atoms with Crippen LogP contribution in [-0.2, 0) is 0 Å². The van der Waals surface area contributed by atoms with Crippen molar-refractivity contribution in [3.63, 3.8) is 0 Å². The largest absolute Gasteiger partial charge is 0.463 e. The molecule has 31 heavy (non-hydrogen) atoms. The van der Waals surface area contributed by atoms with E-state index < -0.39 is 5.97 Å². The third-order valence-corrected chi connectivity index (χ3v) is 5.81. The van der Waals surface area contributed by atoms with Gasteiger partial charge in [0.05, 0.1) is 10.9 Å². The van der Waals surface area contributed by atoms with Crippen LogP contribution in [0.25, 0.3) is 33.1 Å². The number of esters is 1. The maximum Gasteiger partial charge on any atom is 0.379 e. The third kappa shape index (κ3) is 3.82. The van der Waals surface area contributed by atoms with E-state index in [4.69, 9.17) is 13.6 Å². The summed E-state index contributed by atoms with van der Waals surface area (Å²) in [6, 6.07) is 19.1. The molecule has 5 rings (SSSR count). The van der Waals surface area contributed by atoms with Crippen LogP contribution in [-0.4, -0.2) is 5.97 Å². The summed E-state index contributed by atoms with van der Waals surface area (Å²) in [6.07, 6.45) is 1.41. The highest BCUT2D eigenvalue weighted by molar-refractivity contribution is 9.10. The van der Waals surface area contributed by atoms with Gasteiger partial charge in [-0.15, -0.1) is 0 Å². The molecular formula is C24H12Br2O5. The zero-order chi connectivity index (χ0) is 21.5. The number of hydrogen-bond acceptors (Lipinski definition) is 5. The van der Waals surface area contributed by atoms with Gasteiger partial charge in [0.15, 0.2) is 5.43 Å². The fraction of sp³-hybridized carbons (Fsp3) is 0. The van der Waals surface area contributed by atoms with Gasteiger partial charge in [-0.2, -0.15) is 0 Å². The number of hydrogen-bond donors (Lipinski definition) is 0. The first-order chi connectivity index (χ1) is 15.0. The predicted octanol–water partition coefficient (Wildman–Crippen LogP) is 6.95. The van der Waals surface area contributed by atoms with Gasteiger partial charge in [-0.05, 0) is 54.1 Å². The Bertz CT molecular complexity index is 1510. The van der Waals surface area contributed by atoms with Gasteiger partial charge in [0.25, 0.3) is 0 Å². The Balaban J connectivity index is 1.45. The molecule has 0 bridgehead atoms. The molecule has 0 saturated heterocycles. The Labute approximate surface area is 192 Å². The highest BCUT2D eigenvalue weighted by Crippen LogP contribution is 2.27. The second-order valence-corrected chi connectivity index (χ2v) is 8.66. The average molecular weight is 540 g/mol. The van der Waals surface area contributed by atoms with Crippen LogP contribution in [0.4, 0.5) is 0 Å². The lowest BCUT2D eigenvalue weighted by molar-refractivity contribution is 0.0704. The van der Waals surface area contributed by atoms with E-state index in [0.29, 0.717) is 22.1 Å². The van der Waals surface area contributed by atoms with Crippen LogP contribution < -0.4 is 10.2 Å². The first-order valence-corrected chi connectivity index (χ1v) is 10.8. The number of halogens is 2. The number of carbonyl (C=O) groups excluding carboxylic acids is 1. The van der Waals surface area contributed by atoms with E-state index in [1.165, 1.54) is 12.3 Å². The Kier molecular flexibility index (Phi) is 5.00. The molecule has 0 atom stereocenters. The van der Waals surface area contributed by atoms with E-state index in [2.05, 4.69) is 31.9 Å². The summed E-state index contributed by atoms with van der Waals surface area (Å²) in [5, 5.41) is 1.18. The SMILES string of the molecule is O=C(Oc1ccc2c(=O)c(-c3ccc(Br)cc3)coc2c1)c1cc2cc(Br)ccc2o1. The number of benzene rings is 3. The molecule has 7 heteroatoms. The second-order valence-electron chi connectivity index (χ2n) is 6.83. The van der Waals surface area contributed by atoms with Crippen molar-refractivity contribution in [2.45, 2.75) is 0 Å². The van der Waals surface area contributed by atoms with Gasteiger partial charge in [0.2, 0.25) is 5.76 Å². The fourth-order valence-electron chi connectivity index (χ4n) is 3.27. The minimum Gasteiger partial charge on any atom is -0.463 e. The monoisotopic (exact) mass is 538 g/mol. The summed E-state index contributed by atoms with van der Waals surface area (Å²) < 4.78 is 18.5. The molecule has 0 aliphatic heterocycles. The molecule has 2 aromatic heterocycles. The first kappa shape index (κ1) is 19.8. The van der Waals surface area contributed by atoms with Crippen molar-refractivity contribution in [1.82, 2.24) is 0 Å². The van der Waals surface area contributed by atoms with Gasteiger partial charge < -0.3 is 13.6 Å². The second kappa shape index (κ2) is 7.83. The van der Waals surface area contributed by atoms with Gasteiger partial charge in [-0.3, -0.25) is 4.79 Å². The summed E-state index contributed by atoms with van der Waals surface area (Å²) in [7, 11) is 0. The predicted molar refractivity (Wildman–Crippen MR) is 124 cm³/mol. The standard InChI is InChI=1S/C24H12Br2O5/c25-15-3-1-13(2-4-15)19-12-29-21-11-17(6-7-18(21)23(19)27)30-24(28)22-10-14-9-16(26)5-8-20(14)31-22/h1-12H. The van der Waals surface area contributed by atoms with E-state index >= 15 is 0 Å². The first-order valence-electron chi connectivity index (χ1n) is 9.21. The van der Waals surface area contributed by atoms with Crippen LogP contribution in [0.3, 0.4) is 0 Å². The zero-order valence-electron chi connectivity index (χ0n) is 15.7. The van der Waals surface area contributed by atoms with Crippen molar-refractivity contribution >= 4 is 59.8 Å². The lowest BCUT2D eigenvalue weighted by Gasteiger charge is -2.06. The van der Waals surface area contributed by atoms with E-state index in [1.54, 1.807) is 24.3 Å². The molecule has 5 nitrogen and oxygen atoms in total. The van der Waals surface area contributed by atoms with Crippen LogP contribution >= 0.6 is 31.9 Å².